The minimum Gasteiger partial charge on any atom is -0.508 e. The molecule has 11 nitrogen and oxygen atoms in total. The second-order valence-corrected chi connectivity index (χ2v) is 11.1. The van der Waals surface area contributed by atoms with Crippen LogP contribution in [0.15, 0.2) is 29.0 Å². The molecular weight excluding hydrogens is 494 g/mol. The summed E-state index contributed by atoms with van der Waals surface area (Å²) in [5.74, 6) is -8.53. The van der Waals surface area contributed by atoms with Gasteiger partial charge in [-0.05, 0) is 38.0 Å². The third kappa shape index (κ3) is 3.76. The van der Waals surface area contributed by atoms with Crippen molar-refractivity contribution in [2.75, 3.05) is 20.6 Å². The number of nitrogens with one attached hydrogen (secondary N) is 1. The fourth-order valence-electron chi connectivity index (χ4n) is 6.30. The van der Waals surface area contributed by atoms with Crippen LogP contribution in [0, 0.1) is 17.8 Å². The quantitative estimate of drug-likeness (QED) is 0.251. The number of nitrogens with zero attached hydrogens (tertiary/aromatic N) is 1. The van der Waals surface area contributed by atoms with Crippen molar-refractivity contribution < 1.29 is 39.9 Å². The molecule has 38 heavy (non-hydrogen) atoms. The van der Waals surface area contributed by atoms with Gasteiger partial charge in [-0.3, -0.25) is 19.3 Å². The highest BCUT2D eigenvalue weighted by molar-refractivity contribution is 6.24. The Morgan fingerprint density at radius 3 is 2.37 bits per heavy atom. The Morgan fingerprint density at radius 1 is 1.18 bits per heavy atom. The number of aliphatic hydroxyl groups excluding tert-OH is 3. The van der Waals surface area contributed by atoms with Crippen LogP contribution >= 0.6 is 0 Å². The van der Waals surface area contributed by atoms with E-state index in [9.17, 15) is 39.9 Å². The normalized spacial score (nSPS) is 31.0. The molecule has 8 N–H and O–H groups in total. The highest BCUT2D eigenvalue weighted by Gasteiger charge is 2.68. The van der Waals surface area contributed by atoms with Crippen molar-refractivity contribution >= 4 is 23.2 Å². The number of phenolic OH excluding ortho intramolecular Hbond substituents is 1. The average molecular weight is 530 g/mol. The van der Waals surface area contributed by atoms with Crippen molar-refractivity contribution in [1.82, 2.24) is 10.2 Å². The third-order valence-corrected chi connectivity index (χ3v) is 8.08. The first-order valence-electron chi connectivity index (χ1n) is 12.6. The summed E-state index contributed by atoms with van der Waals surface area (Å²) >= 11 is 0. The number of carbonyl (C=O) groups excluding carboxylic acids is 3. The van der Waals surface area contributed by atoms with Gasteiger partial charge >= 0.3 is 0 Å². The van der Waals surface area contributed by atoms with Crippen LogP contribution in [0.4, 0.5) is 0 Å². The smallest absolute Gasteiger partial charge is 0.255 e. The van der Waals surface area contributed by atoms with E-state index in [-0.39, 0.29) is 11.3 Å². The SMILES string of the molecule is CC(C)CNCc1ccc2c(c1O)C(O)=C1C(=O)[C@]3(O)C(O)=C(C(N)=O)C(=O)[C@@H](N(C)C)[C@@H]3[C@@H](O)[C@@H]1[C@H]2C. The topological polar surface area (TPSA) is 194 Å². The standard InChI is InChI=1S/C27H35N3O8/c1-10(2)8-29-9-12-6-7-13-11(3)14-16(21(32)15(13)20(12)31)24(35)27(38)18(22(14)33)19(30(4)5)23(34)17(25(27)36)26(28)37/h6-7,10-11,14,18-19,22,29,31-33,36,38H,8-9H2,1-5H3,(H2,28,37)/t11-,14+,18+,19-,22-,27-/m0/s1. The van der Waals surface area contributed by atoms with Crippen LogP contribution < -0.4 is 11.1 Å². The van der Waals surface area contributed by atoms with Gasteiger partial charge in [0.15, 0.2) is 11.4 Å². The maximum absolute atomic E-state index is 14.0. The number of fused-ring (bicyclic) bond motifs is 3. The van der Waals surface area contributed by atoms with Crippen molar-refractivity contribution in [3.05, 3.63) is 45.7 Å². The largest absolute Gasteiger partial charge is 0.508 e. The molecule has 4 rings (SSSR count). The summed E-state index contributed by atoms with van der Waals surface area (Å²) in [4.78, 5) is 40.6. The Labute approximate surface area is 220 Å². The molecule has 0 aliphatic heterocycles. The van der Waals surface area contributed by atoms with Crippen molar-refractivity contribution in [2.45, 2.75) is 51.0 Å². The molecule has 0 bridgehead atoms. The summed E-state index contributed by atoms with van der Waals surface area (Å²) in [6.45, 7) is 6.73. The summed E-state index contributed by atoms with van der Waals surface area (Å²) in [7, 11) is 2.94. The maximum Gasteiger partial charge on any atom is 0.255 e. The Bertz CT molecular complexity index is 1280. The molecule has 0 unspecified atom stereocenters. The molecule has 1 saturated carbocycles. The van der Waals surface area contributed by atoms with Crippen LogP contribution in [0.25, 0.3) is 5.76 Å². The van der Waals surface area contributed by atoms with Gasteiger partial charge in [-0.1, -0.05) is 32.9 Å². The average Bonchev–Trinajstić information content (AvgIpc) is 2.82. The fourth-order valence-corrected chi connectivity index (χ4v) is 6.30. The first kappa shape index (κ1) is 27.8. The molecular formula is C27H35N3O8. The minimum absolute atomic E-state index is 0.00941. The van der Waals surface area contributed by atoms with Crippen molar-refractivity contribution in [3.8, 4) is 5.75 Å². The molecule has 1 aromatic carbocycles. The monoisotopic (exact) mass is 529 g/mol. The number of carbonyl (C=O) groups is 3. The highest BCUT2D eigenvalue weighted by Crippen LogP contribution is 2.56. The predicted octanol–water partition coefficient (Wildman–Crippen LogP) is 0.241. The van der Waals surface area contributed by atoms with Crippen LogP contribution in [0.5, 0.6) is 5.75 Å². The van der Waals surface area contributed by atoms with Crippen molar-refractivity contribution in [2.24, 2.45) is 23.5 Å². The molecule has 0 radical (unpaired) electrons. The van der Waals surface area contributed by atoms with E-state index in [2.05, 4.69) is 5.32 Å². The number of benzene rings is 1. The number of Topliss-reactive ketones (excluding diaryl/α,β-unsaturated/α-hetero) is 2. The molecule has 0 saturated heterocycles. The number of phenols is 1. The zero-order valence-corrected chi connectivity index (χ0v) is 22.0. The number of hydrogen-bond acceptors (Lipinski definition) is 10. The van der Waals surface area contributed by atoms with Gasteiger partial charge in [0.05, 0.1) is 23.6 Å². The summed E-state index contributed by atoms with van der Waals surface area (Å²) in [6, 6.07) is 2.02. The molecule has 0 spiro atoms. The number of aliphatic hydroxyl groups is 4. The zero-order chi connectivity index (χ0) is 28.4. The van der Waals surface area contributed by atoms with E-state index in [0.717, 1.165) is 0 Å². The molecule has 1 aromatic rings. The molecule has 6 atom stereocenters. The lowest BCUT2D eigenvalue weighted by molar-refractivity contribution is -0.169. The van der Waals surface area contributed by atoms with E-state index >= 15 is 0 Å². The second kappa shape index (κ2) is 9.49. The number of rotatable bonds is 6. The number of ketones is 2. The highest BCUT2D eigenvalue weighted by atomic mass is 16.4. The van der Waals surface area contributed by atoms with Crippen LogP contribution in [-0.2, 0) is 20.9 Å². The summed E-state index contributed by atoms with van der Waals surface area (Å²) < 4.78 is 0. The molecule has 206 valence electrons. The number of primary amides is 1. The van der Waals surface area contributed by atoms with Gasteiger partial charge in [0.1, 0.15) is 22.8 Å². The summed E-state index contributed by atoms with van der Waals surface area (Å²) in [6.07, 6.45) is -1.61. The second-order valence-electron chi connectivity index (χ2n) is 11.1. The first-order chi connectivity index (χ1) is 17.7. The lowest BCUT2D eigenvalue weighted by atomic mass is 9.54. The summed E-state index contributed by atoms with van der Waals surface area (Å²) in [5, 5.41) is 59.9. The van der Waals surface area contributed by atoms with Gasteiger partial charge in [0, 0.05) is 23.6 Å². The predicted molar refractivity (Wildman–Crippen MR) is 137 cm³/mol. The van der Waals surface area contributed by atoms with E-state index in [1.165, 1.54) is 19.0 Å². The van der Waals surface area contributed by atoms with E-state index in [4.69, 9.17) is 5.73 Å². The zero-order valence-electron chi connectivity index (χ0n) is 22.0. The molecule has 3 aliphatic rings. The first-order valence-corrected chi connectivity index (χ1v) is 12.6. The molecule has 11 heteroatoms. The van der Waals surface area contributed by atoms with Gasteiger partial charge in [-0.25, -0.2) is 0 Å². The number of nitrogens with two attached hydrogens (primary N) is 1. The molecule has 1 fully saturated rings. The van der Waals surface area contributed by atoms with Crippen LogP contribution in [0.1, 0.15) is 43.4 Å². The van der Waals surface area contributed by atoms with Gasteiger partial charge < -0.3 is 36.6 Å². The van der Waals surface area contributed by atoms with Crippen LogP contribution in [-0.4, -0.2) is 86.3 Å². The number of aromatic hydroxyl groups is 1. The summed E-state index contributed by atoms with van der Waals surface area (Å²) in [5.41, 5.74) is 2.00. The lowest BCUT2D eigenvalue weighted by Crippen LogP contribution is -2.70. The van der Waals surface area contributed by atoms with E-state index < -0.39 is 75.6 Å². The van der Waals surface area contributed by atoms with Crippen molar-refractivity contribution in [3.63, 3.8) is 0 Å². The Balaban J connectivity index is 1.94. The molecule has 0 heterocycles. The Morgan fingerprint density at radius 2 is 1.82 bits per heavy atom. The number of likely N-dealkylation sites (N-methyl/N-ethyl adjacent to an activating group) is 1. The van der Waals surface area contributed by atoms with Gasteiger partial charge in [0.2, 0.25) is 5.78 Å². The fraction of sp³-hybridized carbons (Fsp3) is 0.519. The molecule has 1 amide bonds. The molecule has 3 aliphatic carbocycles. The minimum atomic E-state index is -2.92. The number of hydrogen-bond donors (Lipinski definition) is 7. The Hall–Kier alpha value is -3.25. The third-order valence-electron chi connectivity index (χ3n) is 8.08. The van der Waals surface area contributed by atoms with Gasteiger partial charge in [-0.2, -0.15) is 0 Å². The lowest BCUT2D eigenvalue weighted by Gasteiger charge is -2.53. The van der Waals surface area contributed by atoms with Crippen molar-refractivity contribution in [1.29, 1.82) is 0 Å². The number of amides is 1. The van der Waals surface area contributed by atoms with Crippen LogP contribution in [0.2, 0.25) is 0 Å². The van der Waals surface area contributed by atoms with E-state index in [1.54, 1.807) is 19.1 Å². The Kier molecular flexibility index (Phi) is 6.94. The molecule has 0 aromatic heterocycles. The van der Waals surface area contributed by atoms with E-state index in [1.807, 2.05) is 13.8 Å². The van der Waals surface area contributed by atoms with Gasteiger partial charge in [-0.15, -0.1) is 0 Å². The maximum atomic E-state index is 14.0. The van der Waals surface area contributed by atoms with Gasteiger partial charge in [0.25, 0.3) is 5.91 Å². The van der Waals surface area contributed by atoms with Crippen LogP contribution in [0.3, 0.4) is 0 Å². The van der Waals surface area contributed by atoms with E-state index in [0.29, 0.717) is 30.1 Å².